The zero-order chi connectivity index (χ0) is 15.7. The summed E-state index contributed by atoms with van der Waals surface area (Å²) in [5, 5.41) is 2.76. The number of benzene rings is 2. The zero-order valence-corrected chi connectivity index (χ0v) is 12.7. The Balaban J connectivity index is 2.01. The second kappa shape index (κ2) is 5.64. The molecule has 2 amide bonds. The molecule has 1 aliphatic heterocycles. The standard InChI is InChI=1S/C18H18N2O2/c1-12-7-6-10-15-16(19-13(2)21)18(22)20(17(12)15)11-14-8-4-3-5-9-14/h3-10,16H,11H2,1-2H3,(H,19,21). The van der Waals surface area contributed by atoms with Crippen molar-refractivity contribution in [2.45, 2.75) is 26.4 Å². The SMILES string of the molecule is CC(=O)NC1C(=O)N(Cc2ccccc2)c2c(C)cccc21. The molecule has 22 heavy (non-hydrogen) atoms. The molecule has 1 aliphatic rings. The summed E-state index contributed by atoms with van der Waals surface area (Å²) in [7, 11) is 0. The summed E-state index contributed by atoms with van der Waals surface area (Å²) in [4.78, 5) is 26.0. The molecule has 0 aromatic heterocycles. The first-order valence-electron chi connectivity index (χ1n) is 7.30. The van der Waals surface area contributed by atoms with E-state index in [4.69, 9.17) is 0 Å². The lowest BCUT2D eigenvalue weighted by molar-refractivity contribution is -0.126. The number of carbonyl (C=O) groups excluding carboxylic acids is 2. The Morgan fingerprint density at radius 1 is 1.14 bits per heavy atom. The minimum atomic E-state index is -0.587. The minimum absolute atomic E-state index is 0.0802. The van der Waals surface area contributed by atoms with Crippen molar-refractivity contribution < 1.29 is 9.59 Å². The second-order valence-electron chi connectivity index (χ2n) is 5.56. The van der Waals surface area contributed by atoms with Crippen molar-refractivity contribution in [3.8, 4) is 0 Å². The van der Waals surface area contributed by atoms with Gasteiger partial charge < -0.3 is 10.2 Å². The molecule has 0 saturated carbocycles. The van der Waals surface area contributed by atoms with Crippen molar-refractivity contribution >= 4 is 17.5 Å². The molecule has 1 atom stereocenters. The fraction of sp³-hybridized carbons (Fsp3) is 0.222. The van der Waals surface area contributed by atoms with Gasteiger partial charge in [-0.3, -0.25) is 9.59 Å². The summed E-state index contributed by atoms with van der Waals surface area (Å²) >= 11 is 0. The third-order valence-corrected chi connectivity index (χ3v) is 3.89. The molecule has 3 rings (SSSR count). The van der Waals surface area contributed by atoms with Crippen LogP contribution < -0.4 is 10.2 Å². The first-order valence-corrected chi connectivity index (χ1v) is 7.30. The van der Waals surface area contributed by atoms with Gasteiger partial charge >= 0.3 is 0 Å². The molecule has 4 heteroatoms. The number of para-hydroxylation sites is 1. The second-order valence-corrected chi connectivity index (χ2v) is 5.56. The first-order chi connectivity index (χ1) is 10.6. The third-order valence-electron chi connectivity index (χ3n) is 3.89. The molecule has 1 unspecified atom stereocenters. The van der Waals surface area contributed by atoms with Gasteiger partial charge in [0.1, 0.15) is 6.04 Å². The molecule has 0 aliphatic carbocycles. The van der Waals surface area contributed by atoms with E-state index in [9.17, 15) is 9.59 Å². The number of carbonyl (C=O) groups is 2. The van der Waals surface area contributed by atoms with E-state index in [1.54, 1.807) is 4.90 Å². The molecule has 4 nitrogen and oxygen atoms in total. The zero-order valence-electron chi connectivity index (χ0n) is 12.7. The van der Waals surface area contributed by atoms with E-state index in [0.717, 1.165) is 22.4 Å². The van der Waals surface area contributed by atoms with Crippen molar-refractivity contribution in [2.24, 2.45) is 0 Å². The Labute approximate surface area is 129 Å². The molecular weight excluding hydrogens is 276 g/mol. The predicted molar refractivity (Wildman–Crippen MR) is 85.4 cm³/mol. The predicted octanol–water partition coefficient (Wildman–Crippen LogP) is 2.72. The highest BCUT2D eigenvalue weighted by Crippen LogP contribution is 2.39. The lowest BCUT2D eigenvalue weighted by atomic mass is 10.1. The molecule has 0 fully saturated rings. The van der Waals surface area contributed by atoms with Crippen LogP contribution in [0.2, 0.25) is 0 Å². The summed E-state index contributed by atoms with van der Waals surface area (Å²) in [5.74, 6) is -0.282. The van der Waals surface area contributed by atoms with Gasteiger partial charge in [-0.25, -0.2) is 0 Å². The summed E-state index contributed by atoms with van der Waals surface area (Å²) in [6, 6.07) is 15.1. The smallest absolute Gasteiger partial charge is 0.254 e. The fourth-order valence-corrected chi connectivity index (χ4v) is 2.95. The van der Waals surface area contributed by atoms with E-state index in [1.807, 2.05) is 55.5 Å². The van der Waals surface area contributed by atoms with E-state index in [1.165, 1.54) is 6.92 Å². The number of rotatable bonds is 3. The third kappa shape index (κ3) is 2.48. The summed E-state index contributed by atoms with van der Waals surface area (Å²) in [6.45, 7) is 3.93. The quantitative estimate of drug-likeness (QED) is 0.946. The van der Waals surface area contributed by atoms with Crippen LogP contribution >= 0.6 is 0 Å². The molecule has 0 radical (unpaired) electrons. The van der Waals surface area contributed by atoms with Gasteiger partial charge in [0.05, 0.1) is 12.2 Å². The number of anilines is 1. The highest BCUT2D eigenvalue weighted by molar-refractivity contribution is 6.06. The number of nitrogens with one attached hydrogen (secondary N) is 1. The van der Waals surface area contributed by atoms with Crippen LogP contribution in [-0.4, -0.2) is 11.8 Å². The Kier molecular flexibility index (Phi) is 3.67. The molecule has 2 aromatic rings. The van der Waals surface area contributed by atoms with E-state index in [2.05, 4.69) is 5.32 Å². The van der Waals surface area contributed by atoms with Crippen molar-refractivity contribution in [2.75, 3.05) is 4.90 Å². The van der Waals surface area contributed by atoms with E-state index < -0.39 is 6.04 Å². The molecule has 1 heterocycles. The fourth-order valence-electron chi connectivity index (χ4n) is 2.95. The Morgan fingerprint density at radius 3 is 2.55 bits per heavy atom. The number of hydrogen-bond donors (Lipinski definition) is 1. The lowest BCUT2D eigenvalue weighted by Crippen LogP contribution is -2.36. The lowest BCUT2D eigenvalue weighted by Gasteiger charge is -2.19. The molecule has 0 saturated heterocycles. The number of hydrogen-bond acceptors (Lipinski definition) is 2. The number of amides is 2. The van der Waals surface area contributed by atoms with Crippen molar-refractivity contribution in [3.63, 3.8) is 0 Å². The number of fused-ring (bicyclic) bond motifs is 1. The van der Waals surface area contributed by atoms with Crippen LogP contribution in [0.4, 0.5) is 5.69 Å². The average molecular weight is 294 g/mol. The van der Waals surface area contributed by atoms with E-state index in [-0.39, 0.29) is 11.8 Å². The molecular formula is C18H18N2O2. The van der Waals surface area contributed by atoms with Gasteiger partial charge in [0, 0.05) is 12.5 Å². The van der Waals surface area contributed by atoms with Crippen LogP contribution in [-0.2, 0) is 16.1 Å². The van der Waals surface area contributed by atoms with Gasteiger partial charge in [0.15, 0.2) is 0 Å². The summed E-state index contributed by atoms with van der Waals surface area (Å²) < 4.78 is 0. The summed E-state index contributed by atoms with van der Waals surface area (Å²) in [5.41, 5.74) is 3.88. The molecule has 1 N–H and O–H groups in total. The van der Waals surface area contributed by atoms with Gasteiger partial charge in [0.2, 0.25) is 5.91 Å². The molecule has 0 spiro atoms. The average Bonchev–Trinajstić information content (AvgIpc) is 2.75. The van der Waals surface area contributed by atoms with Crippen LogP contribution in [0.3, 0.4) is 0 Å². The van der Waals surface area contributed by atoms with Crippen molar-refractivity contribution in [3.05, 3.63) is 65.2 Å². The van der Waals surface area contributed by atoms with Crippen molar-refractivity contribution in [1.82, 2.24) is 5.32 Å². The van der Waals surface area contributed by atoms with Gasteiger partial charge in [-0.1, -0.05) is 48.5 Å². The topological polar surface area (TPSA) is 49.4 Å². The van der Waals surface area contributed by atoms with Crippen molar-refractivity contribution in [1.29, 1.82) is 0 Å². The van der Waals surface area contributed by atoms with Crippen LogP contribution in [0.15, 0.2) is 48.5 Å². The highest BCUT2D eigenvalue weighted by atomic mass is 16.2. The molecule has 2 aromatic carbocycles. The molecule has 112 valence electrons. The van der Waals surface area contributed by atoms with Gasteiger partial charge in [-0.15, -0.1) is 0 Å². The Morgan fingerprint density at radius 2 is 1.86 bits per heavy atom. The first kappa shape index (κ1) is 14.3. The maximum atomic E-state index is 12.8. The van der Waals surface area contributed by atoms with Gasteiger partial charge in [0.25, 0.3) is 5.91 Å². The monoisotopic (exact) mass is 294 g/mol. The van der Waals surface area contributed by atoms with Crippen LogP contribution in [0.1, 0.15) is 29.7 Å². The number of nitrogens with zero attached hydrogens (tertiary/aromatic N) is 1. The highest BCUT2D eigenvalue weighted by Gasteiger charge is 2.38. The minimum Gasteiger partial charge on any atom is -0.341 e. The number of aryl methyl sites for hydroxylation is 1. The van der Waals surface area contributed by atoms with E-state index in [0.29, 0.717) is 6.54 Å². The normalized spacial score (nSPS) is 16.5. The van der Waals surface area contributed by atoms with E-state index >= 15 is 0 Å². The molecule has 0 bridgehead atoms. The maximum absolute atomic E-state index is 12.8. The Hall–Kier alpha value is -2.62. The van der Waals surface area contributed by atoms with Crippen LogP contribution in [0.25, 0.3) is 0 Å². The largest absolute Gasteiger partial charge is 0.341 e. The Bertz CT molecular complexity index is 725. The maximum Gasteiger partial charge on any atom is 0.254 e. The van der Waals surface area contributed by atoms with Gasteiger partial charge in [-0.05, 0) is 18.1 Å². The van der Waals surface area contributed by atoms with Crippen LogP contribution in [0.5, 0.6) is 0 Å². The van der Waals surface area contributed by atoms with Crippen LogP contribution in [0, 0.1) is 6.92 Å². The van der Waals surface area contributed by atoms with Gasteiger partial charge in [-0.2, -0.15) is 0 Å². The summed E-state index contributed by atoms with van der Waals surface area (Å²) in [6.07, 6.45) is 0.